The van der Waals surface area contributed by atoms with E-state index in [0.717, 1.165) is 19.3 Å². The Hall–Kier alpha value is -1.63. The molecular formula is C14H24N2O5. The highest BCUT2D eigenvalue weighted by atomic mass is 16.5. The number of nitrogens with zero attached hydrogens (tertiary/aromatic N) is 1. The molecule has 1 aliphatic heterocycles. The molecule has 0 aromatic heterocycles. The fourth-order valence-corrected chi connectivity index (χ4v) is 2.38. The van der Waals surface area contributed by atoms with Gasteiger partial charge >= 0.3 is 5.97 Å². The van der Waals surface area contributed by atoms with Gasteiger partial charge in [-0.2, -0.15) is 0 Å². The number of carbonyl (C=O) groups excluding carboxylic acids is 2. The minimum Gasteiger partial charge on any atom is -0.480 e. The van der Waals surface area contributed by atoms with Gasteiger partial charge in [-0.3, -0.25) is 9.59 Å². The number of aliphatic carboxylic acids is 1. The van der Waals surface area contributed by atoms with Gasteiger partial charge in [0.2, 0.25) is 11.8 Å². The van der Waals surface area contributed by atoms with Crippen LogP contribution in [0.4, 0.5) is 0 Å². The molecular weight excluding hydrogens is 276 g/mol. The van der Waals surface area contributed by atoms with E-state index < -0.39 is 12.0 Å². The molecule has 7 heteroatoms. The third kappa shape index (κ3) is 6.12. The summed E-state index contributed by atoms with van der Waals surface area (Å²) in [5.74, 6) is -1.19. The molecule has 21 heavy (non-hydrogen) atoms. The summed E-state index contributed by atoms with van der Waals surface area (Å²) in [5.41, 5.74) is 0. The van der Waals surface area contributed by atoms with E-state index in [0.29, 0.717) is 19.4 Å². The Bertz CT molecular complexity index is 372. The standard InChI is InChI=1S/C14H24N2O5/c1-2-5-12(17)16-8-4-3-6-11(16)14(20)15-7-9-21-10-13(18)19/h11H,2-10H2,1H3,(H,15,20)(H,18,19). The van der Waals surface area contributed by atoms with E-state index in [9.17, 15) is 14.4 Å². The van der Waals surface area contributed by atoms with Crippen molar-refractivity contribution in [2.75, 3.05) is 26.3 Å². The summed E-state index contributed by atoms with van der Waals surface area (Å²) in [6.07, 6.45) is 3.78. The molecule has 1 rings (SSSR count). The van der Waals surface area contributed by atoms with Crippen molar-refractivity contribution in [3.8, 4) is 0 Å². The molecule has 7 nitrogen and oxygen atoms in total. The highest BCUT2D eigenvalue weighted by molar-refractivity contribution is 5.87. The first kappa shape index (κ1) is 17.4. The first-order valence-corrected chi connectivity index (χ1v) is 7.43. The zero-order valence-corrected chi connectivity index (χ0v) is 12.5. The number of nitrogens with one attached hydrogen (secondary N) is 1. The lowest BCUT2D eigenvalue weighted by atomic mass is 10.0. The second-order valence-electron chi connectivity index (χ2n) is 5.09. The van der Waals surface area contributed by atoms with Gasteiger partial charge in [0.25, 0.3) is 0 Å². The summed E-state index contributed by atoms with van der Waals surface area (Å²) < 4.78 is 4.85. The monoisotopic (exact) mass is 300 g/mol. The molecule has 2 N–H and O–H groups in total. The minimum atomic E-state index is -1.04. The molecule has 0 radical (unpaired) electrons. The summed E-state index contributed by atoms with van der Waals surface area (Å²) in [6.45, 7) is 2.59. The molecule has 1 aliphatic rings. The van der Waals surface area contributed by atoms with Crippen LogP contribution < -0.4 is 5.32 Å². The van der Waals surface area contributed by atoms with Crippen LogP contribution in [0.25, 0.3) is 0 Å². The highest BCUT2D eigenvalue weighted by Crippen LogP contribution is 2.18. The van der Waals surface area contributed by atoms with Crippen LogP contribution in [0.3, 0.4) is 0 Å². The van der Waals surface area contributed by atoms with Crippen molar-refractivity contribution >= 4 is 17.8 Å². The van der Waals surface area contributed by atoms with Gasteiger partial charge in [-0.15, -0.1) is 0 Å². The molecule has 0 aliphatic carbocycles. The van der Waals surface area contributed by atoms with Crippen LogP contribution >= 0.6 is 0 Å². The van der Waals surface area contributed by atoms with Crippen molar-refractivity contribution in [2.45, 2.75) is 45.1 Å². The van der Waals surface area contributed by atoms with Gasteiger partial charge in [0.15, 0.2) is 0 Å². The minimum absolute atomic E-state index is 0.0273. The Morgan fingerprint density at radius 1 is 1.33 bits per heavy atom. The molecule has 0 aromatic rings. The van der Waals surface area contributed by atoms with Crippen molar-refractivity contribution in [2.24, 2.45) is 0 Å². The predicted octanol–water partition coefficient (Wildman–Crippen LogP) is 0.385. The molecule has 1 unspecified atom stereocenters. The van der Waals surface area contributed by atoms with Gasteiger partial charge in [-0.05, 0) is 25.7 Å². The van der Waals surface area contributed by atoms with Gasteiger partial charge in [0.1, 0.15) is 12.6 Å². The Labute approximate surface area is 124 Å². The molecule has 0 spiro atoms. The maximum absolute atomic E-state index is 12.1. The third-order valence-electron chi connectivity index (χ3n) is 3.36. The number of likely N-dealkylation sites (tertiary alicyclic amines) is 1. The van der Waals surface area contributed by atoms with E-state index in [2.05, 4.69) is 5.32 Å². The van der Waals surface area contributed by atoms with Crippen molar-refractivity contribution < 1.29 is 24.2 Å². The van der Waals surface area contributed by atoms with Crippen LogP contribution in [0.1, 0.15) is 39.0 Å². The van der Waals surface area contributed by atoms with E-state index in [1.807, 2.05) is 6.92 Å². The molecule has 1 heterocycles. The van der Waals surface area contributed by atoms with Crippen molar-refractivity contribution in [1.82, 2.24) is 10.2 Å². The summed E-state index contributed by atoms with van der Waals surface area (Å²) >= 11 is 0. The smallest absolute Gasteiger partial charge is 0.329 e. The van der Waals surface area contributed by atoms with Crippen LogP contribution in [-0.4, -0.2) is 60.1 Å². The number of carbonyl (C=O) groups is 3. The van der Waals surface area contributed by atoms with Crippen LogP contribution in [0.5, 0.6) is 0 Å². The lowest BCUT2D eigenvalue weighted by Crippen LogP contribution is -2.52. The number of piperidine rings is 1. The lowest BCUT2D eigenvalue weighted by molar-refractivity contribution is -0.143. The van der Waals surface area contributed by atoms with Gasteiger partial charge in [-0.25, -0.2) is 4.79 Å². The SMILES string of the molecule is CCCC(=O)N1CCCCC1C(=O)NCCOCC(=O)O. The van der Waals surface area contributed by atoms with E-state index in [1.165, 1.54) is 0 Å². The number of rotatable bonds is 8. The summed E-state index contributed by atoms with van der Waals surface area (Å²) in [4.78, 5) is 36.1. The molecule has 1 saturated heterocycles. The first-order chi connectivity index (χ1) is 10.1. The topological polar surface area (TPSA) is 95.9 Å². The normalized spacial score (nSPS) is 18.3. The molecule has 120 valence electrons. The maximum Gasteiger partial charge on any atom is 0.329 e. The first-order valence-electron chi connectivity index (χ1n) is 7.43. The number of ether oxygens (including phenoxy) is 1. The van der Waals surface area contributed by atoms with Gasteiger partial charge in [-0.1, -0.05) is 6.92 Å². The third-order valence-corrected chi connectivity index (χ3v) is 3.36. The lowest BCUT2D eigenvalue weighted by Gasteiger charge is -2.34. The van der Waals surface area contributed by atoms with Gasteiger partial charge in [0, 0.05) is 19.5 Å². The number of amides is 2. The van der Waals surface area contributed by atoms with E-state index >= 15 is 0 Å². The maximum atomic E-state index is 12.1. The van der Waals surface area contributed by atoms with E-state index in [4.69, 9.17) is 9.84 Å². The highest BCUT2D eigenvalue weighted by Gasteiger charge is 2.31. The molecule has 1 atom stereocenters. The number of hydrogen-bond donors (Lipinski definition) is 2. The van der Waals surface area contributed by atoms with Crippen molar-refractivity contribution in [3.05, 3.63) is 0 Å². The Kier molecular flexibility index (Phi) is 7.74. The fourth-order valence-electron chi connectivity index (χ4n) is 2.38. The second kappa shape index (κ2) is 9.33. The van der Waals surface area contributed by atoms with Crippen molar-refractivity contribution in [1.29, 1.82) is 0 Å². The number of carboxylic acids is 1. The van der Waals surface area contributed by atoms with E-state index in [1.54, 1.807) is 4.90 Å². The summed E-state index contributed by atoms with van der Waals surface area (Å²) in [5, 5.41) is 11.1. The summed E-state index contributed by atoms with van der Waals surface area (Å²) in [7, 11) is 0. The predicted molar refractivity (Wildman–Crippen MR) is 75.7 cm³/mol. The zero-order valence-electron chi connectivity index (χ0n) is 12.5. The van der Waals surface area contributed by atoms with Crippen LogP contribution in [0.2, 0.25) is 0 Å². The van der Waals surface area contributed by atoms with Gasteiger partial charge in [0.05, 0.1) is 6.61 Å². The summed E-state index contributed by atoms with van der Waals surface area (Å²) in [6, 6.07) is -0.405. The van der Waals surface area contributed by atoms with Crippen LogP contribution in [0.15, 0.2) is 0 Å². The number of hydrogen-bond acceptors (Lipinski definition) is 4. The average molecular weight is 300 g/mol. The second-order valence-corrected chi connectivity index (χ2v) is 5.09. The number of carboxylic acid groups (broad SMARTS) is 1. The van der Waals surface area contributed by atoms with E-state index in [-0.39, 0.29) is 31.6 Å². The Morgan fingerprint density at radius 3 is 2.76 bits per heavy atom. The molecule has 2 amide bonds. The molecule has 1 fully saturated rings. The zero-order chi connectivity index (χ0) is 15.7. The molecule has 0 bridgehead atoms. The quantitative estimate of drug-likeness (QED) is 0.632. The largest absolute Gasteiger partial charge is 0.480 e. The fraction of sp³-hybridized carbons (Fsp3) is 0.786. The average Bonchev–Trinajstić information content (AvgIpc) is 2.46. The van der Waals surface area contributed by atoms with Crippen molar-refractivity contribution in [3.63, 3.8) is 0 Å². The van der Waals surface area contributed by atoms with Crippen LogP contribution in [-0.2, 0) is 19.1 Å². The van der Waals surface area contributed by atoms with Crippen LogP contribution in [0, 0.1) is 0 Å². The van der Waals surface area contributed by atoms with Gasteiger partial charge < -0.3 is 20.1 Å². The molecule has 0 saturated carbocycles. The Balaban J connectivity index is 2.38. The molecule has 0 aromatic carbocycles. The Morgan fingerprint density at radius 2 is 2.10 bits per heavy atom.